The fraction of sp³-hybridized carbons (Fsp3) is 0.412. The fourth-order valence-electron chi connectivity index (χ4n) is 5.59. The number of para-hydroxylation sites is 2. The van der Waals surface area contributed by atoms with E-state index < -0.39 is 28.5 Å². The van der Waals surface area contributed by atoms with E-state index in [1.54, 1.807) is 53.4 Å². The van der Waals surface area contributed by atoms with E-state index in [4.69, 9.17) is 4.74 Å². The summed E-state index contributed by atoms with van der Waals surface area (Å²) in [6.45, 7) is 3.81. The predicted molar refractivity (Wildman–Crippen MR) is 177 cm³/mol. The summed E-state index contributed by atoms with van der Waals surface area (Å²) in [5.74, 6) is -0.295. The van der Waals surface area contributed by atoms with Crippen LogP contribution in [0.5, 0.6) is 5.75 Å². The lowest BCUT2D eigenvalue weighted by Gasteiger charge is -2.34. The molecule has 0 unspecified atom stereocenters. The van der Waals surface area contributed by atoms with Crippen molar-refractivity contribution in [3.63, 3.8) is 0 Å². The Morgan fingerprint density at radius 1 is 0.955 bits per heavy atom. The number of thioether (sulfide) groups is 1. The Morgan fingerprint density at radius 3 is 2.25 bits per heavy atom. The molecule has 1 fully saturated rings. The third kappa shape index (κ3) is 8.35. The summed E-state index contributed by atoms with van der Waals surface area (Å²) in [4.78, 5) is 30.5. The van der Waals surface area contributed by atoms with Crippen molar-refractivity contribution >= 4 is 39.3 Å². The third-order valence-electron chi connectivity index (χ3n) is 7.93. The molecule has 236 valence electrons. The second kappa shape index (κ2) is 16.0. The van der Waals surface area contributed by atoms with Crippen LogP contribution in [-0.2, 0) is 26.0 Å². The zero-order chi connectivity index (χ0) is 31.5. The maximum absolute atomic E-state index is 14.3. The van der Waals surface area contributed by atoms with Crippen molar-refractivity contribution in [2.75, 3.05) is 30.3 Å². The van der Waals surface area contributed by atoms with Crippen LogP contribution in [0.15, 0.2) is 88.7 Å². The summed E-state index contributed by atoms with van der Waals surface area (Å²) in [5.41, 5.74) is 1.29. The van der Waals surface area contributed by atoms with E-state index in [-0.39, 0.29) is 29.1 Å². The molecule has 10 heteroatoms. The smallest absolute Gasteiger partial charge is 0.264 e. The van der Waals surface area contributed by atoms with Gasteiger partial charge in [0.05, 0.1) is 17.2 Å². The first kappa shape index (κ1) is 33.4. The van der Waals surface area contributed by atoms with Crippen molar-refractivity contribution < 1.29 is 22.7 Å². The minimum absolute atomic E-state index is 0.0660. The van der Waals surface area contributed by atoms with Crippen molar-refractivity contribution in [2.24, 2.45) is 0 Å². The monoisotopic (exact) mass is 637 g/mol. The van der Waals surface area contributed by atoms with Crippen LogP contribution in [0, 0.1) is 0 Å². The first-order valence-electron chi connectivity index (χ1n) is 15.3. The van der Waals surface area contributed by atoms with Crippen molar-refractivity contribution in [3.05, 3.63) is 84.4 Å². The summed E-state index contributed by atoms with van der Waals surface area (Å²) in [5, 5.41) is 3.15. The quantitative estimate of drug-likeness (QED) is 0.208. The van der Waals surface area contributed by atoms with Crippen LogP contribution in [-0.4, -0.2) is 63.2 Å². The highest BCUT2D eigenvalue weighted by Gasteiger charge is 2.35. The average Bonchev–Trinajstić information content (AvgIpc) is 3.55. The van der Waals surface area contributed by atoms with E-state index in [1.807, 2.05) is 50.4 Å². The second-order valence-corrected chi connectivity index (χ2v) is 13.6. The molecule has 3 aromatic carbocycles. The van der Waals surface area contributed by atoms with E-state index in [0.29, 0.717) is 25.2 Å². The van der Waals surface area contributed by atoms with Gasteiger partial charge in [0.2, 0.25) is 11.8 Å². The molecule has 4 rings (SSSR count). The zero-order valence-electron chi connectivity index (χ0n) is 25.8. The lowest BCUT2D eigenvalue weighted by Crippen LogP contribution is -2.54. The molecule has 8 nitrogen and oxygen atoms in total. The van der Waals surface area contributed by atoms with Gasteiger partial charge in [-0.15, -0.1) is 11.8 Å². The molecule has 3 aromatic rings. The molecule has 0 heterocycles. The van der Waals surface area contributed by atoms with E-state index in [1.165, 1.54) is 11.8 Å². The number of rotatable bonds is 15. The van der Waals surface area contributed by atoms with Gasteiger partial charge >= 0.3 is 0 Å². The zero-order valence-corrected chi connectivity index (χ0v) is 27.4. The highest BCUT2D eigenvalue weighted by molar-refractivity contribution is 7.98. The fourth-order valence-corrected chi connectivity index (χ4v) is 7.43. The average molecular weight is 638 g/mol. The number of benzene rings is 3. The molecular weight excluding hydrogens is 595 g/mol. The molecule has 2 amide bonds. The van der Waals surface area contributed by atoms with Crippen LogP contribution in [0.2, 0.25) is 0 Å². The van der Waals surface area contributed by atoms with Gasteiger partial charge in [-0.2, -0.15) is 0 Å². The second-order valence-electron chi connectivity index (χ2n) is 10.8. The van der Waals surface area contributed by atoms with Crippen LogP contribution >= 0.6 is 11.8 Å². The summed E-state index contributed by atoms with van der Waals surface area (Å²) in [6, 6.07) is 22.6. The minimum atomic E-state index is -4.19. The van der Waals surface area contributed by atoms with Gasteiger partial charge in [0.15, 0.2) is 0 Å². The highest BCUT2D eigenvalue weighted by Crippen LogP contribution is 2.33. The van der Waals surface area contributed by atoms with E-state index in [9.17, 15) is 18.0 Å². The Morgan fingerprint density at radius 2 is 1.61 bits per heavy atom. The SMILES string of the molecule is CCOc1ccccc1N(CC(=O)N(CCc1ccccc1)[C@@H](CC)C(=O)NC1CCCC1)S(=O)(=O)c1ccc(SC)cc1. The molecule has 0 radical (unpaired) electrons. The number of carbonyl (C=O) groups excluding carboxylic acids is 2. The van der Waals surface area contributed by atoms with Crippen LogP contribution in [0.4, 0.5) is 5.69 Å². The van der Waals surface area contributed by atoms with Gasteiger partial charge < -0.3 is 15.0 Å². The lowest BCUT2D eigenvalue weighted by atomic mass is 10.1. The van der Waals surface area contributed by atoms with Crippen molar-refractivity contribution in [1.82, 2.24) is 10.2 Å². The first-order valence-corrected chi connectivity index (χ1v) is 18.0. The Balaban J connectivity index is 1.71. The van der Waals surface area contributed by atoms with Gasteiger partial charge in [0, 0.05) is 17.5 Å². The third-order valence-corrected chi connectivity index (χ3v) is 10.4. The number of carbonyl (C=O) groups is 2. The van der Waals surface area contributed by atoms with Gasteiger partial charge in [0.1, 0.15) is 18.3 Å². The highest BCUT2D eigenvalue weighted by atomic mass is 32.2. The van der Waals surface area contributed by atoms with E-state index >= 15 is 0 Å². The lowest BCUT2D eigenvalue weighted by molar-refractivity contribution is -0.139. The number of ether oxygens (including phenoxy) is 1. The number of nitrogens with zero attached hydrogens (tertiary/aromatic N) is 2. The first-order chi connectivity index (χ1) is 21.3. The molecule has 1 N–H and O–H groups in total. The number of amides is 2. The van der Waals surface area contributed by atoms with E-state index in [0.717, 1.165) is 40.4 Å². The van der Waals surface area contributed by atoms with Crippen LogP contribution < -0.4 is 14.4 Å². The number of hydrogen-bond donors (Lipinski definition) is 1. The van der Waals surface area contributed by atoms with Crippen molar-refractivity contribution in [2.45, 2.75) is 74.2 Å². The van der Waals surface area contributed by atoms with Crippen molar-refractivity contribution in [3.8, 4) is 5.75 Å². The molecule has 44 heavy (non-hydrogen) atoms. The topological polar surface area (TPSA) is 96.0 Å². The molecular formula is C34H43N3O5S2. The maximum Gasteiger partial charge on any atom is 0.264 e. The largest absolute Gasteiger partial charge is 0.492 e. The molecule has 0 bridgehead atoms. The number of anilines is 1. The normalized spacial score (nSPS) is 14.2. The van der Waals surface area contributed by atoms with E-state index in [2.05, 4.69) is 5.32 Å². The van der Waals surface area contributed by atoms with Crippen LogP contribution in [0.25, 0.3) is 0 Å². The Hall–Kier alpha value is -3.50. The predicted octanol–water partition coefficient (Wildman–Crippen LogP) is 5.91. The molecule has 1 aliphatic rings. The Bertz CT molecular complexity index is 1480. The van der Waals surface area contributed by atoms with Crippen LogP contribution in [0.1, 0.15) is 51.5 Å². The summed E-state index contributed by atoms with van der Waals surface area (Å²) < 4.78 is 35.4. The minimum Gasteiger partial charge on any atom is -0.492 e. The maximum atomic E-state index is 14.3. The summed E-state index contributed by atoms with van der Waals surface area (Å²) in [7, 11) is -4.19. The van der Waals surface area contributed by atoms with Gasteiger partial charge in [0.25, 0.3) is 10.0 Å². The summed E-state index contributed by atoms with van der Waals surface area (Å²) >= 11 is 1.51. The Kier molecular flexibility index (Phi) is 12.1. The van der Waals surface area contributed by atoms with Gasteiger partial charge in [-0.1, -0.05) is 62.2 Å². The Labute approximate surface area is 266 Å². The molecule has 0 aromatic heterocycles. The summed E-state index contributed by atoms with van der Waals surface area (Å²) in [6.07, 6.45) is 6.84. The standard InChI is InChI=1S/C34H43N3O5S2/c1-4-30(34(39)35-27-15-9-10-16-27)36(24-23-26-13-7-6-8-14-26)33(38)25-37(31-17-11-12-18-32(31)42-5-2)44(40,41)29-21-19-28(43-3)20-22-29/h6-8,11-14,17-22,27,30H,4-5,9-10,15-16,23-25H2,1-3H3,(H,35,39)/t30-/m0/s1. The number of nitrogens with one attached hydrogen (secondary N) is 1. The molecule has 0 aliphatic heterocycles. The molecule has 1 aliphatic carbocycles. The van der Waals surface area contributed by atoms with Crippen LogP contribution in [0.3, 0.4) is 0 Å². The van der Waals surface area contributed by atoms with Gasteiger partial charge in [-0.25, -0.2) is 8.42 Å². The molecule has 0 spiro atoms. The number of hydrogen-bond acceptors (Lipinski definition) is 6. The van der Waals surface area contributed by atoms with Crippen molar-refractivity contribution in [1.29, 1.82) is 0 Å². The molecule has 0 saturated heterocycles. The molecule has 1 saturated carbocycles. The van der Waals surface area contributed by atoms with Gasteiger partial charge in [-0.3, -0.25) is 13.9 Å². The van der Waals surface area contributed by atoms with Gasteiger partial charge in [-0.05, 0) is 80.8 Å². The molecule has 1 atom stereocenters. The number of sulfonamides is 1.